The molecule has 4 heteroatoms. The second-order valence-electron chi connectivity index (χ2n) is 3.26. The minimum Gasteiger partial charge on any atom is -0.330 e. The highest BCUT2D eigenvalue weighted by molar-refractivity contribution is 5.88. The summed E-state index contributed by atoms with van der Waals surface area (Å²) in [6, 6.07) is 3.62. The van der Waals surface area contributed by atoms with Gasteiger partial charge in [0.05, 0.1) is 17.6 Å². The molecule has 0 aliphatic rings. The van der Waals surface area contributed by atoms with Crippen molar-refractivity contribution in [2.75, 3.05) is 11.9 Å². The molecule has 0 spiro atoms. The molecule has 1 heterocycles. The molecule has 1 amide bonds. The van der Waals surface area contributed by atoms with Gasteiger partial charge in [0.1, 0.15) is 0 Å². The van der Waals surface area contributed by atoms with E-state index in [0.29, 0.717) is 12.2 Å². The van der Waals surface area contributed by atoms with E-state index in [-0.39, 0.29) is 5.91 Å². The van der Waals surface area contributed by atoms with Crippen LogP contribution >= 0.6 is 0 Å². The summed E-state index contributed by atoms with van der Waals surface area (Å²) in [7, 11) is 0. The number of rotatable bonds is 4. The average molecular weight is 205 g/mol. The molecule has 4 nitrogen and oxygen atoms in total. The number of nitrogens with zero attached hydrogens (tertiary/aromatic N) is 1. The van der Waals surface area contributed by atoms with Gasteiger partial charge in [0.25, 0.3) is 0 Å². The van der Waals surface area contributed by atoms with Gasteiger partial charge in [-0.2, -0.15) is 0 Å². The van der Waals surface area contributed by atoms with Crippen LogP contribution in [0.15, 0.2) is 24.9 Å². The lowest BCUT2D eigenvalue weighted by Gasteiger charge is -2.05. The fourth-order valence-corrected chi connectivity index (χ4v) is 1.18. The first-order valence-electron chi connectivity index (χ1n) is 4.75. The van der Waals surface area contributed by atoms with E-state index in [2.05, 4.69) is 16.9 Å². The Morgan fingerprint density at radius 2 is 2.33 bits per heavy atom. The summed E-state index contributed by atoms with van der Waals surface area (Å²) in [4.78, 5) is 14.9. The molecule has 1 aromatic rings. The number of anilines is 1. The molecule has 0 aromatic carbocycles. The normalized spacial score (nSPS) is 9.73. The van der Waals surface area contributed by atoms with Crippen molar-refractivity contribution in [1.29, 1.82) is 0 Å². The summed E-state index contributed by atoms with van der Waals surface area (Å²) in [5.41, 5.74) is 7.83. The van der Waals surface area contributed by atoms with Crippen molar-refractivity contribution >= 4 is 17.2 Å². The maximum absolute atomic E-state index is 10.8. The number of nitrogens with one attached hydrogen (secondary N) is 1. The minimum atomic E-state index is -0.106. The number of amides is 1. The Balaban J connectivity index is 2.71. The second-order valence-corrected chi connectivity index (χ2v) is 3.26. The third-order valence-electron chi connectivity index (χ3n) is 1.89. The van der Waals surface area contributed by atoms with Crippen molar-refractivity contribution in [3.05, 3.63) is 30.6 Å². The van der Waals surface area contributed by atoms with Gasteiger partial charge >= 0.3 is 0 Å². The smallest absolute Gasteiger partial charge is 0.221 e. The number of carbonyl (C=O) groups is 1. The van der Waals surface area contributed by atoms with Crippen LogP contribution in [0.3, 0.4) is 0 Å². The quantitative estimate of drug-likeness (QED) is 0.780. The zero-order chi connectivity index (χ0) is 11.3. The van der Waals surface area contributed by atoms with Crippen LogP contribution in [0.2, 0.25) is 0 Å². The van der Waals surface area contributed by atoms with Crippen molar-refractivity contribution in [3.8, 4) is 0 Å². The third-order valence-corrected chi connectivity index (χ3v) is 1.89. The molecular formula is C11H15N3O. The Bertz CT molecular complexity index is 357. The summed E-state index contributed by atoms with van der Waals surface area (Å²) in [6.45, 7) is 5.90. The van der Waals surface area contributed by atoms with E-state index in [9.17, 15) is 4.79 Å². The molecule has 1 rings (SSSR count). The molecule has 0 fully saturated rings. The number of nitrogens with two attached hydrogens (primary N) is 1. The first-order chi connectivity index (χ1) is 7.13. The van der Waals surface area contributed by atoms with Crippen LogP contribution in [0.25, 0.3) is 5.57 Å². The van der Waals surface area contributed by atoms with E-state index < -0.39 is 0 Å². The van der Waals surface area contributed by atoms with Crippen molar-refractivity contribution in [2.45, 2.75) is 13.3 Å². The van der Waals surface area contributed by atoms with Gasteiger partial charge in [0, 0.05) is 6.92 Å². The monoisotopic (exact) mass is 205 g/mol. The van der Waals surface area contributed by atoms with Gasteiger partial charge in [-0.15, -0.1) is 0 Å². The zero-order valence-electron chi connectivity index (χ0n) is 8.79. The number of aromatic nitrogens is 1. The van der Waals surface area contributed by atoms with E-state index in [0.717, 1.165) is 17.7 Å². The summed E-state index contributed by atoms with van der Waals surface area (Å²) in [6.07, 6.45) is 2.34. The number of carbonyl (C=O) groups excluding carboxylic acids is 1. The molecule has 0 aliphatic carbocycles. The van der Waals surface area contributed by atoms with E-state index in [4.69, 9.17) is 5.73 Å². The average Bonchev–Trinajstić information content (AvgIpc) is 2.18. The van der Waals surface area contributed by atoms with Crippen LogP contribution in [-0.2, 0) is 4.79 Å². The molecule has 0 bridgehead atoms. The Hall–Kier alpha value is -1.68. The summed E-state index contributed by atoms with van der Waals surface area (Å²) >= 11 is 0. The predicted octanol–water partition coefficient (Wildman–Crippen LogP) is 1.40. The van der Waals surface area contributed by atoms with Crippen molar-refractivity contribution in [1.82, 2.24) is 4.98 Å². The summed E-state index contributed by atoms with van der Waals surface area (Å²) < 4.78 is 0. The van der Waals surface area contributed by atoms with Crippen LogP contribution in [0, 0.1) is 0 Å². The number of hydrogen-bond donors (Lipinski definition) is 2. The fraction of sp³-hybridized carbons (Fsp3) is 0.273. The lowest BCUT2D eigenvalue weighted by molar-refractivity contribution is -0.114. The Kier molecular flexibility index (Phi) is 4.00. The number of pyridine rings is 1. The molecule has 80 valence electrons. The Morgan fingerprint density at radius 3 is 2.80 bits per heavy atom. The van der Waals surface area contributed by atoms with Crippen LogP contribution in [0.4, 0.5) is 5.69 Å². The standard InChI is InChI=1S/C11H15N3O/c1-8(5-6-12)11-4-3-10(7-13-11)14-9(2)15/h3-4,7H,1,5-6,12H2,2H3,(H,14,15). The molecule has 0 radical (unpaired) electrons. The van der Waals surface area contributed by atoms with E-state index in [1.807, 2.05) is 6.07 Å². The van der Waals surface area contributed by atoms with E-state index >= 15 is 0 Å². The van der Waals surface area contributed by atoms with Crippen LogP contribution in [-0.4, -0.2) is 17.4 Å². The van der Waals surface area contributed by atoms with E-state index in [1.54, 1.807) is 12.3 Å². The Morgan fingerprint density at radius 1 is 1.60 bits per heavy atom. The SMILES string of the molecule is C=C(CCN)c1ccc(NC(C)=O)cn1. The highest BCUT2D eigenvalue weighted by Gasteiger charge is 2.00. The molecule has 0 aliphatic heterocycles. The van der Waals surface area contributed by atoms with Gasteiger partial charge in [-0.3, -0.25) is 9.78 Å². The van der Waals surface area contributed by atoms with Crippen LogP contribution < -0.4 is 11.1 Å². The van der Waals surface area contributed by atoms with E-state index in [1.165, 1.54) is 6.92 Å². The van der Waals surface area contributed by atoms with Crippen molar-refractivity contribution in [2.24, 2.45) is 5.73 Å². The minimum absolute atomic E-state index is 0.106. The Labute approximate surface area is 89.2 Å². The second kappa shape index (κ2) is 5.26. The summed E-state index contributed by atoms with van der Waals surface area (Å²) in [5.74, 6) is -0.106. The van der Waals surface area contributed by atoms with Gasteiger partial charge in [-0.05, 0) is 30.7 Å². The van der Waals surface area contributed by atoms with Gasteiger partial charge in [0.2, 0.25) is 5.91 Å². The maximum atomic E-state index is 10.8. The molecule has 0 saturated carbocycles. The van der Waals surface area contributed by atoms with Crippen LogP contribution in [0.5, 0.6) is 0 Å². The van der Waals surface area contributed by atoms with Crippen molar-refractivity contribution < 1.29 is 4.79 Å². The van der Waals surface area contributed by atoms with Crippen molar-refractivity contribution in [3.63, 3.8) is 0 Å². The zero-order valence-corrected chi connectivity index (χ0v) is 8.79. The fourth-order valence-electron chi connectivity index (χ4n) is 1.18. The van der Waals surface area contributed by atoms with Gasteiger partial charge in [-0.1, -0.05) is 6.58 Å². The highest BCUT2D eigenvalue weighted by atomic mass is 16.1. The largest absolute Gasteiger partial charge is 0.330 e. The topological polar surface area (TPSA) is 68.0 Å². The highest BCUT2D eigenvalue weighted by Crippen LogP contribution is 2.14. The molecule has 15 heavy (non-hydrogen) atoms. The lowest BCUT2D eigenvalue weighted by Crippen LogP contribution is -2.06. The first-order valence-corrected chi connectivity index (χ1v) is 4.75. The number of hydrogen-bond acceptors (Lipinski definition) is 3. The first kappa shape index (κ1) is 11.4. The predicted molar refractivity (Wildman–Crippen MR) is 61.2 cm³/mol. The van der Waals surface area contributed by atoms with Gasteiger partial charge in [-0.25, -0.2) is 0 Å². The molecular weight excluding hydrogens is 190 g/mol. The van der Waals surface area contributed by atoms with Gasteiger partial charge < -0.3 is 11.1 Å². The molecule has 3 N–H and O–H groups in total. The van der Waals surface area contributed by atoms with Gasteiger partial charge in [0.15, 0.2) is 0 Å². The summed E-state index contributed by atoms with van der Waals surface area (Å²) in [5, 5.41) is 2.65. The molecule has 0 atom stereocenters. The molecule has 0 saturated heterocycles. The third kappa shape index (κ3) is 3.52. The molecule has 0 unspecified atom stereocenters. The maximum Gasteiger partial charge on any atom is 0.221 e. The molecule has 1 aromatic heterocycles. The lowest BCUT2D eigenvalue weighted by atomic mass is 10.1. The van der Waals surface area contributed by atoms with Crippen LogP contribution in [0.1, 0.15) is 19.0 Å².